The van der Waals surface area contributed by atoms with E-state index >= 15 is 0 Å². The van der Waals surface area contributed by atoms with Gasteiger partial charge in [0.2, 0.25) is 0 Å². The summed E-state index contributed by atoms with van der Waals surface area (Å²) in [5, 5.41) is 0.740. The van der Waals surface area contributed by atoms with Gasteiger partial charge in [0.1, 0.15) is 0 Å². The third-order valence-corrected chi connectivity index (χ3v) is 2.44. The van der Waals surface area contributed by atoms with Crippen LogP contribution in [0, 0.1) is 0 Å². The topological polar surface area (TPSA) is 52.0 Å². The van der Waals surface area contributed by atoms with Crippen LogP contribution < -0.4 is 11.5 Å². The molecule has 0 aliphatic heterocycles. The summed E-state index contributed by atoms with van der Waals surface area (Å²) in [6, 6.07) is 7.75. The molecule has 0 saturated heterocycles. The van der Waals surface area contributed by atoms with Gasteiger partial charge in [-0.2, -0.15) is 0 Å². The Kier molecular flexibility index (Phi) is 3.72. The molecular weight excluding hydrogens is 184 g/mol. The molecule has 3 heteroatoms. The van der Waals surface area contributed by atoms with Crippen LogP contribution in [0.3, 0.4) is 0 Å². The maximum Gasteiger partial charge on any atom is 0.0406 e. The number of hydrogen-bond acceptors (Lipinski definition) is 2. The number of hydrogen-bond donors (Lipinski definition) is 2. The van der Waals surface area contributed by atoms with Gasteiger partial charge in [-0.3, -0.25) is 0 Å². The van der Waals surface area contributed by atoms with E-state index < -0.39 is 0 Å². The highest BCUT2D eigenvalue weighted by molar-refractivity contribution is 6.30. The Morgan fingerprint density at radius 2 is 1.85 bits per heavy atom. The summed E-state index contributed by atoms with van der Waals surface area (Å²) in [5.41, 5.74) is 12.6. The predicted molar refractivity (Wildman–Crippen MR) is 56.9 cm³/mol. The van der Waals surface area contributed by atoms with Crippen LogP contribution in [-0.4, -0.2) is 12.6 Å². The van der Waals surface area contributed by atoms with E-state index in [1.807, 2.05) is 31.2 Å². The summed E-state index contributed by atoms with van der Waals surface area (Å²) < 4.78 is 0. The third-order valence-electron chi connectivity index (χ3n) is 2.19. The van der Waals surface area contributed by atoms with Gasteiger partial charge in [-0.1, -0.05) is 23.7 Å². The summed E-state index contributed by atoms with van der Waals surface area (Å²) in [5.74, 6) is 0.220. The van der Waals surface area contributed by atoms with Gasteiger partial charge in [-0.25, -0.2) is 0 Å². The minimum atomic E-state index is 0.0752. The van der Waals surface area contributed by atoms with Gasteiger partial charge in [0.25, 0.3) is 0 Å². The summed E-state index contributed by atoms with van der Waals surface area (Å²) >= 11 is 5.78. The zero-order valence-corrected chi connectivity index (χ0v) is 8.46. The molecule has 0 amide bonds. The van der Waals surface area contributed by atoms with Crippen molar-refractivity contribution in [2.45, 2.75) is 18.9 Å². The molecule has 1 aromatic rings. The minimum Gasteiger partial charge on any atom is -0.330 e. The second kappa shape index (κ2) is 4.61. The van der Waals surface area contributed by atoms with E-state index in [0.717, 1.165) is 10.6 Å². The van der Waals surface area contributed by atoms with E-state index in [1.54, 1.807) is 0 Å². The average Bonchev–Trinajstić information content (AvgIpc) is 2.09. The highest BCUT2D eigenvalue weighted by atomic mass is 35.5. The van der Waals surface area contributed by atoms with Gasteiger partial charge in [0.05, 0.1) is 0 Å². The fourth-order valence-corrected chi connectivity index (χ4v) is 1.49. The first-order valence-electron chi connectivity index (χ1n) is 4.36. The highest BCUT2D eigenvalue weighted by Crippen LogP contribution is 2.19. The Hall–Kier alpha value is -0.570. The molecule has 1 unspecified atom stereocenters. The molecule has 4 N–H and O–H groups in total. The monoisotopic (exact) mass is 198 g/mol. The van der Waals surface area contributed by atoms with Crippen LogP contribution in [0.25, 0.3) is 0 Å². The Balaban J connectivity index is 2.86. The van der Waals surface area contributed by atoms with Crippen molar-refractivity contribution < 1.29 is 0 Å². The molecule has 0 heterocycles. The molecule has 72 valence electrons. The molecule has 0 aromatic heterocycles. The van der Waals surface area contributed by atoms with Crippen LogP contribution in [0.15, 0.2) is 24.3 Å². The van der Waals surface area contributed by atoms with Crippen LogP contribution in [0.4, 0.5) is 0 Å². The average molecular weight is 199 g/mol. The third kappa shape index (κ3) is 2.69. The van der Waals surface area contributed by atoms with E-state index in [4.69, 9.17) is 23.1 Å². The van der Waals surface area contributed by atoms with Gasteiger partial charge in [0.15, 0.2) is 0 Å². The van der Waals surface area contributed by atoms with Crippen LogP contribution in [0.5, 0.6) is 0 Å². The van der Waals surface area contributed by atoms with E-state index in [1.165, 1.54) is 0 Å². The smallest absolute Gasteiger partial charge is 0.0406 e. The molecule has 0 aliphatic rings. The fraction of sp³-hybridized carbons (Fsp3) is 0.400. The van der Waals surface area contributed by atoms with Crippen LogP contribution >= 0.6 is 11.6 Å². The van der Waals surface area contributed by atoms with Crippen molar-refractivity contribution in [3.8, 4) is 0 Å². The van der Waals surface area contributed by atoms with E-state index in [2.05, 4.69) is 0 Å². The molecule has 1 aromatic carbocycles. The van der Waals surface area contributed by atoms with Gasteiger partial charge >= 0.3 is 0 Å². The summed E-state index contributed by atoms with van der Waals surface area (Å²) in [6.07, 6.45) is 0. The first-order valence-corrected chi connectivity index (χ1v) is 4.74. The number of benzene rings is 1. The zero-order chi connectivity index (χ0) is 9.84. The first kappa shape index (κ1) is 10.5. The molecular formula is C10H15ClN2. The second-order valence-electron chi connectivity index (χ2n) is 3.25. The molecule has 0 saturated carbocycles. The van der Waals surface area contributed by atoms with E-state index in [-0.39, 0.29) is 12.0 Å². The van der Waals surface area contributed by atoms with Crippen molar-refractivity contribution in [3.63, 3.8) is 0 Å². The lowest BCUT2D eigenvalue weighted by Crippen LogP contribution is -2.30. The Labute approximate surface area is 83.9 Å². The van der Waals surface area contributed by atoms with Crippen molar-refractivity contribution in [2.24, 2.45) is 11.5 Å². The van der Waals surface area contributed by atoms with Crippen molar-refractivity contribution in [1.29, 1.82) is 0 Å². The van der Waals surface area contributed by atoms with Crippen LogP contribution in [0.2, 0.25) is 5.02 Å². The molecule has 13 heavy (non-hydrogen) atoms. The molecule has 0 bridgehead atoms. The van der Waals surface area contributed by atoms with Gasteiger partial charge in [-0.15, -0.1) is 0 Å². The molecule has 0 radical (unpaired) electrons. The standard InChI is InChI=1S/C10H15ClN2/c1-7(13)10(6-12)8-2-4-9(11)5-3-8/h2-5,7,10H,6,12-13H2,1H3/t7?,10-/m0/s1. The lowest BCUT2D eigenvalue weighted by molar-refractivity contribution is 0.577. The molecule has 0 fully saturated rings. The lowest BCUT2D eigenvalue weighted by atomic mass is 9.93. The van der Waals surface area contributed by atoms with E-state index in [9.17, 15) is 0 Å². The second-order valence-corrected chi connectivity index (χ2v) is 3.69. The fourth-order valence-electron chi connectivity index (χ4n) is 1.36. The molecule has 2 atom stereocenters. The van der Waals surface area contributed by atoms with Crippen molar-refractivity contribution in [3.05, 3.63) is 34.9 Å². The minimum absolute atomic E-state index is 0.0752. The quantitative estimate of drug-likeness (QED) is 0.778. The zero-order valence-electron chi connectivity index (χ0n) is 7.70. The van der Waals surface area contributed by atoms with Crippen molar-refractivity contribution in [2.75, 3.05) is 6.54 Å². The van der Waals surface area contributed by atoms with Crippen LogP contribution in [-0.2, 0) is 0 Å². The van der Waals surface area contributed by atoms with E-state index in [0.29, 0.717) is 6.54 Å². The lowest BCUT2D eigenvalue weighted by Gasteiger charge is -2.18. The Bertz CT molecular complexity index is 256. The molecule has 1 rings (SSSR count). The number of rotatable bonds is 3. The normalized spacial score (nSPS) is 15.4. The number of halogens is 1. The SMILES string of the molecule is CC(N)[C@H](CN)c1ccc(Cl)cc1. The summed E-state index contributed by atoms with van der Waals surface area (Å²) in [4.78, 5) is 0. The maximum absolute atomic E-state index is 5.80. The van der Waals surface area contributed by atoms with Gasteiger partial charge in [-0.05, 0) is 24.6 Å². The molecule has 2 nitrogen and oxygen atoms in total. The van der Waals surface area contributed by atoms with Gasteiger partial charge in [0, 0.05) is 23.5 Å². The Morgan fingerprint density at radius 3 is 2.23 bits per heavy atom. The Morgan fingerprint density at radius 1 is 1.31 bits per heavy atom. The predicted octanol–water partition coefficient (Wildman–Crippen LogP) is 1.73. The molecule has 0 spiro atoms. The molecule has 0 aliphatic carbocycles. The summed E-state index contributed by atoms with van der Waals surface area (Å²) in [7, 11) is 0. The summed E-state index contributed by atoms with van der Waals surface area (Å²) in [6.45, 7) is 2.53. The van der Waals surface area contributed by atoms with Crippen molar-refractivity contribution in [1.82, 2.24) is 0 Å². The van der Waals surface area contributed by atoms with Gasteiger partial charge < -0.3 is 11.5 Å². The largest absolute Gasteiger partial charge is 0.330 e. The van der Waals surface area contributed by atoms with Crippen molar-refractivity contribution >= 4 is 11.6 Å². The number of nitrogens with two attached hydrogens (primary N) is 2. The highest BCUT2D eigenvalue weighted by Gasteiger charge is 2.13. The maximum atomic E-state index is 5.80. The van der Waals surface area contributed by atoms with Crippen LogP contribution in [0.1, 0.15) is 18.4 Å². The first-order chi connectivity index (χ1) is 6.15.